The van der Waals surface area contributed by atoms with Gasteiger partial charge in [-0.05, 0) is 46.3 Å². The van der Waals surface area contributed by atoms with Gasteiger partial charge in [0.25, 0.3) is 5.91 Å². The van der Waals surface area contributed by atoms with Crippen molar-refractivity contribution in [3.05, 3.63) is 62.3 Å². The van der Waals surface area contributed by atoms with E-state index in [4.69, 9.17) is 23.2 Å². The lowest BCUT2D eigenvalue weighted by Crippen LogP contribution is -2.13. The van der Waals surface area contributed by atoms with Crippen LogP contribution in [0.25, 0.3) is 0 Å². The summed E-state index contributed by atoms with van der Waals surface area (Å²) in [6.45, 7) is 0. The van der Waals surface area contributed by atoms with E-state index in [1.165, 1.54) is 24.3 Å². The van der Waals surface area contributed by atoms with Gasteiger partial charge in [-0.3, -0.25) is 4.79 Å². The molecule has 2 aromatic carbocycles. The van der Waals surface area contributed by atoms with Crippen LogP contribution in [-0.4, -0.2) is 5.91 Å². The number of anilines is 1. The minimum Gasteiger partial charge on any atom is -0.318 e. The maximum Gasteiger partial charge on any atom is 0.255 e. The topological polar surface area (TPSA) is 29.1 Å². The van der Waals surface area contributed by atoms with Gasteiger partial charge in [0.1, 0.15) is 5.82 Å². The summed E-state index contributed by atoms with van der Waals surface area (Å²) in [5.41, 5.74) is 0.265. The molecule has 1 amide bonds. The van der Waals surface area contributed by atoms with Crippen LogP contribution in [0.2, 0.25) is 10.0 Å². The highest BCUT2D eigenvalue weighted by Gasteiger charge is 2.13. The molecule has 1 N–H and O–H groups in total. The molecular formula is C13H7BrCl2FNO. The van der Waals surface area contributed by atoms with Gasteiger partial charge in [0.15, 0.2) is 0 Å². The number of carbonyl (C=O) groups is 1. The molecule has 0 saturated heterocycles. The average molecular weight is 363 g/mol. The summed E-state index contributed by atoms with van der Waals surface area (Å²) in [7, 11) is 0. The molecular weight excluding hydrogens is 356 g/mol. The van der Waals surface area contributed by atoms with Crippen molar-refractivity contribution in [2.24, 2.45) is 0 Å². The molecule has 2 aromatic rings. The van der Waals surface area contributed by atoms with Crippen molar-refractivity contribution in [3.63, 3.8) is 0 Å². The van der Waals surface area contributed by atoms with Crippen LogP contribution in [0.5, 0.6) is 0 Å². The summed E-state index contributed by atoms with van der Waals surface area (Å²) in [6.07, 6.45) is 0. The molecule has 0 bridgehead atoms. The molecule has 2 nitrogen and oxygen atoms in total. The maximum atomic E-state index is 13.5. The van der Waals surface area contributed by atoms with Gasteiger partial charge in [-0.25, -0.2) is 4.39 Å². The highest BCUT2D eigenvalue weighted by molar-refractivity contribution is 9.10. The van der Waals surface area contributed by atoms with E-state index in [-0.39, 0.29) is 10.7 Å². The van der Waals surface area contributed by atoms with Gasteiger partial charge < -0.3 is 5.32 Å². The number of amides is 1. The molecule has 0 aromatic heterocycles. The van der Waals surface area contributed by atoms with E-state index in [9.17, 15) is 9.18 Å². The van der Waals surface area contributed by atoms with E-state index in [0.29, 0.717) is 15.1 Å². The maximum absolute atomic E-state index is 13.5. The summed E-state index contributed by atoms with van der Waals surface area (Å²) < 4.78 is 14.2. The van der Waals surface area contributed by atoms with E-state index in [2.05, 4.69) is 21.2 Å². The fourth-order valence-corrected chi connectivity index (χ4v) is 2.08. The van der Waals surface area contributed by atoms with Crippen LogP contribution in [0.15, 0.2) is 40.9 Å². The molecule has 0 aliphatic carbocycles. The Labute approximate surface area is 127 Å². The Kier molecular flexibility index (Phi) is 4.45. The van der Waals surface area contributed by atoms with Gasteiger partial charge in [0, 0.05) is 10.0 Å². The third-order valence-corrected chi connectivity index (χ3v) is 3.93. The zero-order valence-corrected chi connectivity index (χ0v) is 12.5. The lowest BCUT2D eigenvalue weighted by Gasteiger charge is -2.08. The quantitative estimate of drug-likeness (QED) is 0.786. The van der Waals surface area contributed by atoms with Gasteiger partial charge in [-0.1, -0.05) is 29.3 Å². The number of hydrogen-bond donors (Lipinski definition) is 1. The van der Waals surface area contributed by atoms with E-state index in [1.807, 2.05) is 0 Å². The highest BCUT2D eigenvalue weighted by atomic mass is 79.9. The number of halogens is 4. The second-order valence-corrected chi connectivity index (χ2v) is 5.35. The summed E-state index contributed by atoms with van der Waals surface area (Å²) in [4.78, 5) is 12.0. The second kappa shape index (κ2) is 5.90. The second-order valence-electron chi connectivity index (χ2n) is 3.68. The molecule has 98 valence electrons. The number of hydrogen-bond acceptors (Lipinski definition) is 1. The first-order chi connectivity index (χ1) is 8.99. The van der Waals surface area contributed by atoms with Crippen molar-refractivity contribution in [2.75, 3.05) is 5.32 Å². The molecule has 0 saturated carbocycles. The van der Waals surface area contributed by atoms with Gasteiger partial charge in [0.2, 0.25) is 0 Å². The number of carbonyl (C=O) groups excluding carboxylic acids is 1. The fourth-order valence-electron chi connectivity index (χ4n) is 1.44. The third kappa shape index (κ3) is 3.26. The monoisotopic (exact) mass is 361 g/mol. The lowest BCUT2D eigenvalue weighted by atomic mass is 10.2. The highest BCUT2D eigenvalue weighted by Crippen LogP contribution is 2.27. The molecule has 0 aliphatic rings. The number of para-hydroxylation sites is 1. The Morgan fingerprint density at radius 1 is 1.16 bits per heavy atom. The zero-order valence-electron chi connectivity index (χ0n) is 9.38. The predicted molar refractivity (Wildman–Crippen MR) is 78.5 cm³/mol. The van der Waals surface area contributed by atoms with Crippen LogP contribution < -0.4 is 5.32 Å². The van der Waals surface area contributed by atoms with Crippen molar-refractivity contribution in [3.8, 4) is 0 Å². The summed E-state index contributed by atoms with van der Waals surface area (Å²) >= 11 is 14.9. The standard InChI is InChI=1S/C13H7BrCl2FNO/c14-8-5-4-7(6-10(8)16)13(19)18-12-9(15)2-1-3-11(12)17/h1-6H,(H,18,19). The lowest BCUT2D eigenvalue weighted by molar-refractivity contribution is 0.102. The molecule has 6 heteroatoms. The smallest absolute Gasteiger partial charge is 0.255 e. The van der Waals surface area contributed by atoms with Gasteiger partial charge in [-0.2, -0.15) is 0 Å². The Hall–Kier alpha value is -1.10. The zero-order chi connectivity index (χ0) is 14.0. The van der Waals surface area contributed by atoms with Crippen LogP contribution in [0.1, 0.15) is 10.4 Å². The molecule has 0 aliphatic heterocycles. The van der Waals surface area contributed by atoms with Gasteiger partial charge in [-0.15, -0.1) is 0 Å². The van der Waals surface area contributed by atoms with E-state index < -0.39 is 11.7 Å². The molecule has 0 spiro atoms. The minimum atomic E-state index is -0.593. The van der Waals surface area contributed by atoms with E-state index in [0.717, 1.165) is 0 Å². The minimum absolute atomic E-state index is 0.0480. The van der Waals surface area contributed by atoms with Crippen LogP contribution in [-0.2, 0) is 0 Å². The van der Waals surface area contributed by atoms with Crippen LogP contribution in [0.3, 0.4) is 0 Å². The molecule has 2 rings (SSSR count). The van der Waals surface area contributed by atoms with Gasteiger partial charge >= 0.3 is 0 Å². The Bertz CT molecular complexity index is 628. The Balaban J connectivity index is 2.28. The summed E-state index contributed by atoms with van der Waals surface area (Å²) in [6, 6.07) is 8.87. The first kappa shape index (κ1) is 14.3. The average Bonchev–Trinajstić information content (AvgIpc) is 2.37. The largest absolute Gasteiger partial charge is 0.318 e. The summed E-state index contributed by atoms with van der Waals surface area (Å²) in [5.74, 6) is -1.08. The molecule has 0 atom stereocenters. The van der Waals surface area contributed by atoms with Crippen molar-refractivity contribution >= 4 is 50.7 Å². The predicted octanol–water partition coefficient (Wildman–Crippen LogP) is 5.15. The van der Waals surface area contributed by atoms with Gasteiger partial charge in [0.05, 0.1) is 15.7 Å². The first-order valence-corrected chi connectivity index (χ1v) is 6.74. The van der Waals surface area contributed by atoms with Crippen molar-refractivity contribution in [2.45, 2.75) is 0 Å². The molecule has 0 heterocycles. The van der Waals surface area contributed by atoms with Crippen molar-refractivity contribution in [1.29, 1.82) is 0 Å². The number of nitrogens with one attached hydrogen (secondary N) is 1. The fraction of sp³-hybridized carbons (Fsp3) is 0. The van der Waals surface area contributed by atoms with E-state index >= 15 is 0 Å². The number of rotatable bonds is 2. The molecule has 0 radical (unpaired) electrons. The number of benzene rings is 2. The third-order valence-electron chi connectivity index (χ3n) is 2.38. The Morgan fingerprint density at radius 2 is 1.89 bits per heavy atom. The van der Waals surface area contributed by atoms with Crippen molar-refractivity contribution in [1.82, 2.24) is 0 Å². The van der Waals surface area contributed by atoms with Crippen molar-refractivity contribution < 1.29 is 9.18 Å². The SMILES string of the molecule is O=C(Nc1c(F)cccc1Cl)c1ccc(Br)c(Cl)c1. The van der Waals surface area contributed by atoms with Crippen LogP contribution >= 0.6 is 39.1 Å². The summed E-state index contributed by atoms with van der Waals surface area (Å²) in [5, 5.41) is 2.95. The Morgan fingerprint density at radius 3 is 2.53 bits per heavy atom. The molecule has 0 fully saturated rings. The van der Waals surface area contributed by atoms with Crippen LogP contribution in [0.4, 0.5) is 10.1 Å². The molecule has 19 heavy (non-hydrogen) atoms. The first-order valence-electron chi connectivity index (χ1n) is 5.19. The van der Waals surface area contributed by atoms with E-state index in [1.54, 1.807) is 12.1 Å². The molecule has 0 unspecified atom stereocenters. The normalized spacial score (nSPS) is 10.3. The van der Waals surface area contributed by atoms with Crippen LogP contribution in [0, 0.1) is 5.82 Å².